The van der Waals surface area contributed by atoms with Crippen molar-refractivity contribution in [2.75, 3.05) is 6.26 Å². The van der Waals surface area contributed by atoms with Crippen LogP contribution in [0.15, 0.2) is 18.2 Å². The van der Waals surface area contributed by atoms with E-state index in [0.717, 1.165) is 30.9 Å². The number of amides is 1. The predicted octanol–water partition coefficient (Wildman–Crippen LogP) is 3.54. The van der Waals surface area contributed by atoms with Gasteiger partial charge in [0.25, 0.3) is 5.91 Å². The molecule has 1 aliphatic rings. The maximum atomic E-state index is 13.2. The minimum absolute atomic E-state index is 0.0873. The van der Waals surface area contributed by atoms with E-state index in [0.29, 0.717) is 11.1 Å². The van der Waals surface area contributed by atoms with Crippen molar-refractivity contribution in [1.82, 2.24) is 5.32 Å². The van der Waals surface area contributed by atoms with Gasteiger partial charge in [-0.25, -0.2) is 4.39 Å². The van der Waals surface area contributed by atoms with Gasteiger partial charge in [-0.15, -0.1) is 0 Å². The maximum absolute atomic E-state index is 13.2. The van der Waals surface area contributed by atoms with Crippen molar-refractivity contribution in [1.29, 1.82) is 0 Å². The molecule has 0 aliphatic heterocycles. The monoisotopic (exact) mass is 281 g/mol. The van der Waals surface area contributed by atoms with Crippen molar-refractivity contribution in [3.05, 3.63) is 35.1 Å². The Morgan fingerprint density at radius 3 is 2.58 bits per heavy atom. The lowest BCUT2D eigenvalue weighted by molar-refractivity contribution is 0.0928. The number of thioether (sulfide) groups is 1. The van der Waals surface area contributed by atoms with Crippen LogP contribution in [0.2, 0.25) is 0 Å². The number of hydrogen-bond acceptors (Lipinski definition) is 2. The fourth-order valence-electron chi connectivity index (χ4n) is 2.50. The first-order valence-electron chi connectivity index (χ1n) is 6.70. The molecule has 1 N–H and O–H groups in total. The van der Waals surface area contributed by atoms with Crippen molar-refractivity contribution in [3.8, 4) is 0 Å². The SMILES string of the molecule is CSC1CCC(NC(=O)c2ccc(F)c(C)c2)CC1. The summed E-state index contributed by atoms with van der Waals surface area (Å²) in [7, 11) is 0. The Morgan fingerprint density at radius 2 is 2.00 bits per heavy atom. The maximum Gasteiger partial charge on any atom is 0.251 e. The zero-order valence-electron chi connectivity index (χ0n) is 11.4. The van der Waals surface area contributed by atoms with Gasteiger partial charge < -0.3 is 5.32 Å². The van der Waals surface area contributed by atoms with E-state index in [-0.39, 0.29) is 17.8 Å². The Kier molecular flexibility index (Phi) is 4.86. The summed E-state index contributed by atoms with van der Waals surface area (Å²) in [5, 5.41) is 3.79. The highest BCUT2D eigenvalue weighted by Crippen LogP contribution is 2.27. The van der Waals surface area contributed by atoms with Crippen molar-refractivity contribution in [3.63, 3.8) is 0 Å². The zero-order valence-corrected chi connectivity index (χ0v) is 12.2. The Morgan fingerprint density at radius 1 is 1.32 bits per heavy atom. The quantitative estimate of drug-likeness (QED) is 0.918. The van der Waals surface area contributed by atoms with E-state index in [9.17, 15) is 9.18 Å². The van der Waals surface area contributed by atoms with E-state index >= 15 is 0 Å². The molecule has 19 heavy (non-hydrogen) atoms. The fourth-order valence-corrected chi connectivity index (χ4v) is 3.24. The fraction of sp³-hybridized carbons (Fsp3) is 0.533. The molecular formula is C15H20FNOS. The first-order valence-corrected chi connectivity index (χ1v) is 7.98. The highest BCUT2D eigenvalue weighted by Gasteiger charge is 2.22. The number of benzene rings is 1. The lowest BCUT2D eigenvalue weighted by Gasteiger charge is -2.28. The van der Waals surface area contributed by atoms with Crippen molar-refractivity contribution < 1.29 is 9.18 Å². The van der Waals surface area contributed by atoms with E-state index in [1.807, 2.05) is 11.8 Å². The molecule has 1 fully saturated rings. The molecule has 2 rings (SSSR count). The standard InChI is InChI=1S/C15H20FNOS/c1-10-9-11(3-8-14(10)16)15(18)17-12-4-6-13(19-2)7-5-12/h3,8-9,12-13H,4-7H2,1-2H3,(H,17,18). The van der Waals surface area contributed by atoms with Gasteiger partial charge >= 0.3 is 0 Å². The van der Waals surface area contributed by atoms with Gasteiger partial charge in [0.1, 0.15) is 5.82 Å². The molecule has 1 amide bonds. The van der Waals surface area contributed by atoms with E-state index in [1.54, 1.807) is 19.1 Å². The third kappa shape index (κ3) is 3.72. The number of halogens is 1. The molecule has 0 unspecified atom stereocenters. The average molecular weight is 281 g/mol. The third-order valence-electron chi connectivity index (χ3n) is 3.76. The average Bonchev–Trinajstić information content (AvgIpc) is 2.42. The molecule has 2 nitrogen and oxygen atoms in total. The van der Waals surface area contributed by atoms with Gasteiger partial charge in [0.05, 0.1) is 0 Å². The number of nitrogens with one attached hydrogen (secondary N) is 1. The molecule has 1 saturated carbocycles. The summed E-state index contributed by atoms with van der Waals surface area (Å²) in [6.45, 7) is 1.68. The van der Waals surface area contributed by atoms with Crippen LogP contribution >= 0.6 is 11.8 Å². The second kappa shape index (κ2) is 6.42. The van der Waals surface area contributed by atoms with Crippen LogP contribution in [0.5, 0.6) is 0 Å². The summed E-state index contributed by atoms with van der Waals surface area (Å²) in [4.78, 5) is 12.1. The summed E-state index contributed by atoms with van der Waals surface area (Å²) >= 11 is 1.91. The Hall–Kier alpha value is -1.03. The van der Waals surface area contributed by atoms with Crippen molar-refractivity contribution >= 4 is 17.7 Å². The zero-order chi connectivity index (χ0) is 13.8. The Balaban J connectivity index is 1.92. The second-order valence-corrected chi connectivity index (χ2v) is 6.28. The van der Waals surface area contributed by atoms with E-state index in [2.05, 4.69) is 11.6 Å². The topological polar surface area (TPSA) is 29.1 Å². The molecule has 0 saturated heterocycles. The first kappa shape index (κ1) is 14.4. The van der Waals surface area contributed by atoms with E-state index in [4.69, 9.17) is 0 Å². The molecule has 1 aromatic rings. The summed E-state index contributed by atoms with van der Waals surface area (Å²) in [6.07, 6.45) is 6.54. The van der Waals surface area contributed by atoms with Crippen molar-refractivity contribution in [2.45, 2.75) is 43.9 Å². The molecule has 1 aromatic carbocycles. The number of carbonyl (C=O) groups excluding carboxylic acids is 1. The lowest BCUT2D eigenvalue weighted by atomic mass is 9.94. The van der Waals surface area contributed by atoms with Crippen LogP contribution in [0.4, 0.5) is 4.39 Å². The van der Waals surface area contributed by atoms with Crippen LogP contribution in [-0.4, -0.2) is 23.5 Å². The number of aryl methyl sites for hydroxylation is 1. The molecule has 0 heterocycles. The molecule has 0 spiro atoms. The van der Waals surface area contributed by atoms with Gasteiger partial charge in [-0.2, -0.15) is 11.8 Å². The van der Waals surface area contributed by atoms with Gasteiger partial charge in [0, 0.05) is 16.9 Å². The highest BCUT2D eigenvalue weighted by molar-refractivity contribution is 7.99. The summed E-state index contributed by atoms with van der Waals surface area (Å²) < 4.78 is 13.2. The summed E-state index contributed by atoms with van der Waals surface area (Å²) in [5.74, 6) is -0.354. The number of carbonyl (C=O) groups is 1. The smallest absolute Gasteiger partial charge is 0.251 e. The molecule has 4 heteroatoms. The van der Waals surface area contributed by atoms with E-state index in [1.165, 1.54) is 6.07 Å². The van der Waals surface area contributed by atoms with Crippen LogP contribution in [0.1, 0.15) is 41.6 Å². The van der Waals surface area contributed by atoms with Crippen LogP contribution in [0, 0.1) is 12.7 Å². The molecular weight excluding hydrogens is 261 g/mol. The molecule has 0 aromatic heterocycles. The van der Waals surface area contributed by atoms with Gasteiger partial charge in [0.2, 0.25) is 0 Å². The molecule has 0 radical (unpaired) electrons. The number of hydrogen-bond donors (Lipinski definition) is 1. The normalized spacial score (nSPS) is 23.1. The lowest BCUT2D eigenvalue weighted by Crippen LogP contribution is -2.38. The largest absolute Gasteiger partial charge is 0.349 e. The minimum atomic E-state index is -0.267. The van der Waals surface area contributed by atoms with Crippen LogP contribution in [-0.2, 0) is 0 Å². The first-order chi connectivity index (χ1) is 9.10. The van der Waals surface area contributed by atoms with Crippen molar-refractivity contribution in [2.24, 2.45) is 0 Å². The Labute approximate surface area is 118 Å². The highest BCUT2D eigenvalue weighted by atomic mass is 32.2. The number of rotatable bonds is 3. The predicted molar refractivity (Wildman–Crippen MR) is 78.2 cm³/mol. The van der Waals surface area contributed by atoms with Gasteiger partial charge in [0.15, 0.2) is 0 Å². The molecule has 104 valence electrons. The van der Waals surface area contributed by atoms with Crippen LogP contribution < -0.4 is 5.32 Å². The molecule has 0 atom stereocenters. The summed E-state index contributed by atoms with van der Waals surface area (Å²) in [5.41, 5.74) is 1.06. The molecule has 1 aliphatic carbocycles. The minimum Gasteiger partial charge on any atom is -0.349 e. The summed E-state index contributed by atoms with van der Waals surface area (Å²) in [6, 6.07) is 4.78. The third-order valence-corrected chi connectivity index (χ3v) is 4.90. The Bertz CT molecular complexity index is 455. The molecule has 0 bridgehead atoms. The second-order valence-electron chi connectivity index (χ2n) is 5.15. The van der Waals surface area contributed by atoms with Gasteiger partial charge in [-0.05, 0) is 62.6 Å². The van der Waals surface area contributed by atoms with Gasteiger partial charge in [-0.1, -0.05) is 0 Å². The van der Waals surface area contributed by atoms with Gasteiger partial charge in [-0.3, -0.25) is 4.79 Å². The van der Waals surface area contributed by atoms with E-state index < -0.39 is 0 Å². The van der Waals surface area contributed by atoms with Crippen LogP contribution in [0.25, 0.3) is 0 Å². The van der Waals surface area contributed by atoms with Crippen LogP contribution in [0.3, 0.4) is 0 Å².